The minimum atomic E-state index is -4.12. The monoisotopic (exact) mass is 515 g/mol. The smallest absolute Gasteiger partial charge is 0.243 e. The number of aliphatic hydroxyl groups excluding tert-OH is 1. The van der Waals surface area contributed by atoms with Gasteiger partial charge in [0, 0.05) is 0 Å². The van der Waals surface area contributed by atoms with Crippen molar-refractivity contribution in [3.8, 4) is 17.2 Å². The van der Waals surface area contributed by atoms with E-state index in [4.69, 9.17) is 9.47 Å². The van der Waals surface area contributed by atoms with Gasteiger partial charge in [0.05, 0.1) is 26.4 Å². The molecule has 192 valence electrons. The van der Waals surface area contributed by atoms with Crippen LogP contribution in [0.1, 0.15) is 44.9 Å². The van der Waals surface area contributed by atoms with Crippen LogP contribution in [-0.4, -0.2) is 64.9 Å². The summed E-state index contributed by atoms with van der Waals surface area (Å²) < 4.78 is 41.0. The van der Waals surface area contributed by atoms with Crippen LogP contribution >= 0.6 is 0 Å². The van der Waals surface area contributed by atoms with Crippen LogP contribution in [0.2, 0.25) is 0 Å². The Labute approximate surface area is 209 Å². The molecule has 1 aliphatic heterocycles. The number of rotatable bonds is 8. The molecule has 11 nitrogen and oxygen atoms in total. The number of anilines is 1. The van der Waals surface area contributed by atoms with Crippen molar-refractivity contribution in [1.82, 2.24) is 14.8 Å². The van der Waals surface area contributed by atoms with Crippen molar-refractivity contribution >= 4 is 27.6 Å². The van der Waals surface area contributed by atoms with E-state index in [1.165, 1.54) is 37.9 Å². The summed E-state index contributed by atoms with van der Waals surface area (Å²) in [7, 11) is -1.26. The summed E-state index contributed by atoms with van der Waals surface area (Å²) >= 11 is 0. The van der Waals surface area contributed by atoms with Crippen molar-refractivity contribution in [2.45, 2.75) is 50.4 Å². The molecule has 2 heterocycles. The number of phenols is 1. The second-order valence-corrected chi connectivity index (χ2v) is 10.7. The Morgan fingerprint density at radius 3 is 2.61 bits per heavy atom. The maximum atomic E-state index is 13.4. The Hall–Kier alpha value is -3.56. The van der Waals surface area contributed by atoms with Gasteiger partial charge >= 0.3 is 0 Å². The number of para-hydroxylation sites is 1. The Morgan fingerprint density at radius 2 is 1.92 bits per heavy atom. The standard InChI is InChI=1S/C24H29N5O6S/c1-15(22(31)16-9-5-4-6-10-16)36(32,33)28-24-27-26-23(17-11-7-14-20(25-17)35-3)29(24)21-18(30)12-8-13-19(21)34-2/h8,12-16,22,30-31H,4-6,9-10H2,1-3H3,(H,27,28)/t15-,22-/m0/s1. The van der Waals surface area contributed by atoms with E-state index in [0.717, 1.165) is 32.1 Å². The fraction of sp³-hybridized carbons (Fsp3) is 0.458. The fourth-order valence-corrected chi connectivity index (χ4v) is 5.59. The van der Waals surface area contributed by atoms with Crippen LogP contribution < -0.4 is 9.46 Å². The number of phenolic OH excluding ortho intramolecular Hbond substituents is 1. The van der Waals surface area contributed by atoms with Gasteiger partial charge in [-0.3, -0.25) is 9.29 Å². The molecule has 1 aromatic heterocycles. The maximum Gasteiger partial charge on any atom is 0.243 e. The zero-order valence-electron chi connectivity index (χ0n) is 20.3. The number of nitrogens with one attached hydrogen (secondary N) is 1. The summed E-state index contributed by atoms with van der Waals surface area (Å²) in [4.78, 5) is 4.30. The van der Waals surface area contributed by atoms with E-state index in [1.54, 1.807) is 12.1 Å². The van der Waals surface area contributed by atoms with E-state index in [-0.39, 0.29) is 46.5 Å². The Kier molecular flexibility index (Phi) is 7.51. The van der Waals surface area contributed by atoms with E-state index in [2.05, 4.69) is 31.4 Å². The molecule has 0 saturated heterocycles. The number of hydrogen-bond acceptors (Lipinski definition) is 9. The first kappa shape index (κ1) is 25.5. The van der Waals surface area contributed by atoms with Crippen LogP contribution in [0.15, 0.2) is 40.7 Å². The van der Waals surface area contributed by atoms with Crippen LogP contribution in [0.3, 0.4) is 0 Å². The first-order valence-corrected chi connectivity index (χ1v) is 13.2. The van der Waals surface area contributed by atoms with E-state index < -0.39 is 21.4 Å². The number of aromatic nitrogens is 3. The summed E-state index contributed by atoms with van der Waals surface area (Å²) in [5.41, 5.74) is 5.82. The molecule has 0 bridgehead atoms. The van der Waals surface area contributed by atoms with E-state index in [0.29, 0.717) is 0 Å². The summed E-state index contributed by atoms with van der Waals surface area (Å²) in [6.45, 7) is 1.47. The predicted molar refractivity (Wildman–Crippen MR) is 134 cm³/mol. The number of benzene rings is 1. The van der Waals surface area contributed by atoms with Crippen molar-refractivity contribution in [3.63, 3.8) is 0 Å². The van der Waals surface area contributed by atoms with Crippen molar-refractivity contribution < 1.29 is 28.1 Å². The zero-order valence-corrected chi connectivity index (χ0v) is 21.1. The molecule has 1 saturated carbocycles. The van der Waals surface area contributed by atoms with Crippen molar-refractivity contribution in [1.29, 1.82) is 0 Å². The van der Waals surface area contributed by atoms with Gasteiger partial charge < -0.3 is 19.7 Å². The number of nitrogens with zero attached hydrogens (tertiary/aromatic N) is 4. The number of aliphatic imine (C=N–C) groups is 1. The van der Waals surface area contributed by atoms with Crippen LogP contribution in [0.5, 0.6) is 11.5 Å². The van der Waals surface area contributed by atoms with Gasteiger partial charge in [-0.25, -0.2) is 13.4 Å². The SMILES string of the molecule is COC1=NC(c2nnc(NS(=O)(=O)[C@@H](C)[C@H](O)C3CCCCC3)n2-c2c(O)cccc2OC)=C=C=C1. The zero-order chi connectivity index (χ0) is 25.9. The molecule has 2 aromatic rings. The molecule has 1 aromatic carbocycles. The third kappa shape index (κ3) is 5.03. The van der Waals surface area contributed by atoms with E-state index in [9.17, 15) is 18.6 Å². The molecule has 0 amide bonds. The van der Waals surface area contributed by atoms with Crippen LogP contribution in [0.4, 0.5) is 5.95 Å². The average molecular weight is 516 g/mol. The highest BCUT2D eigenvalue weighted by Crippen LogP contribution is 2.37. The second-order valence-electron chi connectivity index (χ2n) is 8.67. The summed E-state index contributed by atoms with van der Waals surface area (Å²) in [6, 6.07) is 4.60. The molecule has 36 heavy (non-hydrogen) atoms. The van der Waals surface area contributed by atoms with Crippen molar-refractivity contribution in [2.75, 3.05) is 18.9 Å². The van der Waals surface area contributed by atoms with Gasteiger partial charge in [0.1, 0.15) is 22.4 Å². The summed E-state index contributed by atoms with van der Waals surface area (Å²) in [5.74, 6) is 0.00219. The van der Waals surface area contributed by atoms with Gasteiger partial charge in [0.2, 0.25) is 21.9 Å². The predicted octanol–water partition coefficient (Wildman–Crippen LogP) is 2.76. The first-order chi connectivity index (χ1) is 17.3. The second kappa shape index (κ2) is 10.6. The molecular formula is C24H29N5O6S. The maximum absolute atomic E-state index is 13.4. The lowest BCUT2D eigenvalue weighted by atomic mass is 9.84. The number of hydrogen-bond donors (Lipinski definition) is 3. The molecular weight excluding hydrogens is 486 g/mol. The normalized spacial score (nSPS) is 17.8. The molecule has 0 radical (unpaired) electrons. The number of aliphatic hydroxyl groups is 1. The highest BCUT2D eigenvalue weighted by molar-refractivity contribution is 7.93. The lowest BCUT2D eigenvalue weighted by Gasteiger charge is -2.30. The summed E-state index contributed by atoms with van der Waals surface area (Å²) in [5, 5.41) is 28.6. The topological polar surface area (TPSA) is 148 Å². The molecule has 0 spiro atoms. The number of ether oxygens (including phenoxy) is 2. The molecule has 12 heteroatoms. The van der Waals surface area contributed by atoms with Gasteiger partial charge in [0.25, 0.3) is 0 Å². The van der Waals surface area contributed by atoms with Crippen LogP contribution in [0.25, 0.3) is 11.4 Å². The lowest BCUT2D eigenvalue weighted by molar-refractivity contribution is 0.0841. The quantitative estimate of drug-likeness (QED) is 0.455. The highest BCUT2D eigenvalue weighted by atomic mass is 32.2. The molecule has 1 aliphatic carbocycles. The third-order valence-electron chi connectivity index (χ3n) is 6.45. The van der Waals surface area contributed by atoms with Crippen LogP contribution in [-0.2, 0) is 14.8 Å². The molecule has 1 fully saturated rings. The molecule has 0 unspecified atom stereocenters. The van der Waals surface area contributed by atoms with Crippen LogP contribution in [0, 0.1) is 5.92 Å². The fourth-order valence-electron chi connectivity index (χ4n) is 4.43. The Bertz CT molecular complexity index is 1360. The van der Waals surface area contributed by atoms with Gasteiger partial charge in [-0.15, -0.1) is 10.2 Å². The van der Waals surface area contributed by atoms with Gasteiger partial charge in [-0.05, 0) is 43.5 Å². The minimum Gasteiger partial charge on any atom is -0.506 e. The number of methoxy groups -OCH3 is 2. The minimum absolute atomic E-state index is 0.0585. The summed E-state index contributed by atoms with van der Waals surface area (Å²) in [6.07, 6.45) is 5.02. The largest absolute Gasteiger partial charge is 0.506 e. The average Bonchev–Trinajstić information content (AvgIpc) is 3.30. The van der Waals surface area contributed by atoms with Gasteiger partial charge in [-0.2, -0.15) is 0 Å². The van der Waals surface area contributed by atoms with E-state index in [1.807, 2.05) is 0 Å². The van der Waals surface area contributed by atoms with Gasteiger partial charge in [0.15, 0.2) is 11.5 Å². The Balaban J connectivity index is 1.79. The Morgan fingerprint density at radius 1 is 1.17 bits per heavy atom. The highest BCUT2D eigenvalue weighted by Gasteiger charge is 2.36. The van der Waals surface area contributed by atoms with Gasteiger partial charge in [-0.1, -0.05) is 31.1 Å². The first-order valence-electron chi connectivity index (χ1n) is 11.6. The van der Waals surface area contributed by atoms with Crippen molar-refractivity contribution in [2.24, 2.45) is 10.9 Å². The van der Waals surface area contributed by atoms with Crippen molar-refractivity contribution in [3.05, 3.63) is 41.6 Å². The molecule has 2 aliphatic rings. The lowest BCUT2D eigenvalue weighted by Crippen LogP contribution is -2.41. The number of sulfonamides is 1. The molecule has 2 atom stereocenters. The molecule has 4 rings (SSSR count). The van der Waals surface area contributed by atoms with E-state index >= 15 is 0 Å². The molecule has 3 N–H and O–H groups in total. The third-order valence-corrected chi connectivity index (χ3v) is 8.18. The number of aromatic hydroxyl groups is 1.